The van der Waals surface area contributed by atoms with E-state index < -0.39 is 0 Å². The normalized spacial score (nSPS) is 9.50. The van der Waals surface area contributed by atoms with Gasteiger partial charge in [0.2, 0.25) is 0 Å². The second-order valence-corrected chi connectivity index (χ2v) is 3.91. The van der Waals surface area contributed by atoms with Crippen molar-refractivity contribution in [2.45, 2.75) is 20.3 Å². The van der Waals surface area contributed by atoms with Crippen LogP contribution in [0.2, 0.25) is 0 Å². The molecule has 1 rings (SSSR count). The van der Waals surface area contributed by atoms with E-state index in [2.05, 4.69) is 10.3 Å². The summed E-state index contributed by atoms with van der Waals surface area (Å²) in [6.07, 6.45) is 0.736. The summed E-state index contributed by atoms with van der Waals surface area (Å²) in [5.74, 6) is -0.200. The van der Waals surface area contributed by atoms with Gasteiger partial charge < -0.3 is 5.32 Å². The second-order valence-electron chi connectivity index (χ2n) is 2.70. The fourth-order valence-electron chi connectivity index (χ4n) is 1.09. The Morgan fingerprint density at radius 1 is 1.71 bits per heavy atom. The summed E-state index contributed by atoms with van der Waals surface area (Å²) < 4.78 is 0. The highest BCUT2D eigenvalue weighted by atomic mass is 32.1. The lowest BCUT2D eigenvalue weighted by Gasteiger charge is -1.98. The van der Waals surface area contributed by atoms with Gasteiger partial charge in [0.05, 0.1) is 16.8 Å². The summed E-state index contributed by atoms with van der Waals surface area (Å²) in [6, 6.07) is 1.86. The van der Waals surface area contributed by atoms with Crippen molar-refractivity contribution >= 4 is 17.2 Å². The van der Waals surface area contributed by atoms with Gasteiger partial charge in [0.1, 0.15) is 11.4 Å². The lowest BCUT2D eigenvalue weighted by atomic mass is 10.3. The molecule has 1 heterocycles. The third-order valence-corrected chi connectivity index (χ3v) is 2.69. The van der Waals surface area contributed by atoms with Crippen molar-refractivity contribution in [3.8, 4) is 6.07 Å². The first kappa shape index (κ1) is 10.7. The molecule has 0 aliphatic rings. The number of hydrogen-bond acceptors (Lipinski definition) is 4. The number of rotatable bonds is 3. The van der Waals surface area contributed by atoms with E-state index in [4.69, 9.17) is 5.26 Å². The van der Waals surface area contributed by atoms with Crippen molar-refractivity contribution in [1.29, 1.82) is 5.26 Å². The number of aryl methyl sites for hydroxylation is 2. The Labute approximate surface area is 86.6 Å². The molecule has 0 spiro atoms. The largest absolute Gasteiger partial charge is 0.338 e. The molecule has 1 aromatic rings. The van der Waals surface area contributed by atoms with Crippen LogP contribution in [0, 0.1) is 18.3 Å². The smallest absolute Gasteiger partial charge is 0.264 e. The average molecular weight is 209 g/mol. The number of aromatic nitrogens is 1. The van der Waals surface area contributed by atoms with Crippen LogP contribution in [0.4, 0.5) is 0 Å². The minimum absolute atomic E-state index is 0.0406. The van der Waals surface area contributed by atoms with Crippen molar-refractivity contribution in [2.24, 2.45) is 0 Å². The Morgan fingerprint density at radius 2 is 2.43 bits per heavy atom. The monoisotopic (exact) mass is 209 g/mol. The molecule has 74 valence electrons. The SMILES string of the molecule is CCc1nc(C)sc1C(=O)NCC#N. The Hall–Kier alpha value is -1.41. The van der Waals surface area contributed by atoms with Gasteiger partial charge in [0.15, 0.2) is 0 Å². The molecule has 0 bridgehead atoms. The molecule has 0 unspecified atom stereocenters. The quantitative estimate of drug-likeness (QED) is 0.762. The summed E-state index contributed by atoms with van der Waals surface area (Å²) in [7, 11) is 0. The first-order valence-corrected chi connectivity index (χ1v) is 5.12. The zero-order chi connectivity index (χ0) is 10.6. The predicted molar refractivity (Wildman–Crippen MR) is 54.2 cm³/mol. The number of thiazole rings is 1. The van der Waals surface area contributed by atoms with E-state index in [1.54, 1.807) is 0 Å². The molecular formula is C9H11N3OS. The number of carbonyl (C=O) groups is 1. The topological polar surface area (TPSA) is 65.8 Å². The molecule has 1 N–H and O–H groups in total. The lowest BCUT2D eigenvalue weighted by Crippen LogP contribution is -2.23. The minimum atomic E-state index is -0.200. The summed E-state index contributed by atoms with van der Waals surface area (Å²) in [5, 5.41) is 11.7. The van der Waals surface area contributed by atoms with Crippen molar-refractivity contribution in [3.05, 3.63) is 15.6 Å². The van der Waals surface area contributed by atoms with Crippen molar-refractivity contribution in [3.63, 3.8) is 0 Å². The zero-order valence-corrected chi connectivity index (χ0v) is 8.94. The molecule has 0 saturated carbocycles. The Morgan fingerprint density at radius 3 is 3.00 bits per heavy atom. The number of amides is 1. The van der Waals surface area contributed by atoms with Crippen molar-refractivity contribution in [2.75, 3.05) is 6.54 Å². The average Bonchev–Trinajstić information content (AvgIpc) is 2.56. The maximum Gasteiger partial charge on any atom is 0.264 e. The van der Waals surface area contributed by atoms with E-state index in [0.29, 0.717) is 4.88 Å². The highest BCUT2D eigenvalue weighted by Crippen LogP contribution is 2.18. The van der Waals surface area contributed by atoms with Gasteiger partial charge in [0, 0.05) is 0 Å². The minimum Gasteiger partial charge on any atom is -0.338 e. The lowest BCUT2D eigenvalue weighted by molar-refractivity contribution is 0.0961. The van der Waals surface area contributed by atoms with Gasteiger partial charge >= 0.3 is 0 Å². The van der Waals surface area contributed by atoms with E-state index in [1.807, 2.05) is 19.9 Å². The van der Waals surface area contributed by atoms with E-state index in [9.17, 15) is 4.79 Å². The Kier molecular flexibility index (Phi) is 3.60. The maximum atomic E-state index is 11.5. The standard InChI is InChI=1S/C9H11N3OS/c1-3-7-8(14-6(2)12-7)9(13)11-5-4-10/h3,5H2,1-2H3,(H,11,13). The van der Waals surface area contributed by atoms with Gasteiger partial charge in [-0.2, -0.15) is 5.26 Å². The molecule has 0 radical (unpaired) electrons. The summed E-state index contributed by atoms with van der Waals surface area (Å²) in [4.78, 5) is 16.4. The van der Waals surface area contributed by atoms with Crippen LogP contribution in [-0.2, 0) is 6.42 Å². The van der Waals surface area contributed by atoms with Crippen LogP contribution in [0.25, 0.3) is 0 Å². The molecule has 0 aliphatic heterocycles. The van der Waals surface area contributed by atoms with Crippen LogP contribution < -0.4 is 5.32 Å². The maximum absolute atomic E-state index is 11.5. The third kappa shape index (κ3) is 2.30. The third-order valence-electron chi connectivity index (χ3n) is 1.67. The first-order valence-electron chi connectivity index (χ1n) is 4.30. The number of nitriles is 1. The van der Waals surface area contributed by atoms with Gasteiger partial charge in [0.25, 0.3) is 5.91 Å². The van der Waals surface area contributed by atoms with Crippen LogP contribution in [-0.4, -0.2) is 17.4 Å². The van der Waals surface area contributed by atoms with Crippen LogP contribution in [0.3, 0.4) is 0 Å². The van der Waals surface area contributed by atoms with E-state index in [-0.39, 0.29) is 12.5 Å². The number of nitrogens with zero attached hydrogens (tertiary/aromatic N) is 2. The van der Waals surface area contributed by atoms with Gasteiger partial charge in [-0.05, 0) is 13.3 Å². The molecule has 5 heteroatoms. The summed E-state index contributed by atoms with van der Waals surface area (Å²) in [6.45, 7) is 3.86. The van der Waals surface area contributed by atoms with Gasteiger partial charge in [-0.3, -0.25) is 4.79 Å². The summed E-state index contributed by atoms with van der Waals surface area (Å²) >= 11 is 1.36. The molecule has 0 aliphatic carbocycles. The zero-order valence-electron chi connectivity index (χ0n) is 8.13. The van der Waals surface area contributed by atoms with E-state index >= 15 is 0 Å². The molecule has 0 aromatic carbocycles. The molecule has 0 fully saturated rings. The number of hydrogen-bond donors (Lipinski definition) is 1. The first-order chi connectivity index (χ1) is 6.69. The molecule has 14 heavy (non-hydrogen) atoms. The van der Waals surface area contributed by atoms with Gasteiger partial charge in [-0.1, -0.05) is 6.92 Å². The summed E-state index contributed by atoms with van der Waals surface area (Å²) in [5.41, 5.74) is 0.808. The molecule has 0 atom stereocenters. The van der Waals surface area contributed by atoms with E-state index in [0.717, 1.165) is 17.1 Å². The van der Waals surface area contributed by atoms with Gasteiger partial charge in [-0.15, -0.1) is 11.3 Å². The highest BCUT2D eigenvalue weighted by Gasteiger charge is 2.14. The molecule has 1 amide bonds. The van der Waals surface area contributed by atoms with Crippen molar-refractivity contribution < 1.29 is 4.79 Å². The molecule has 0 saturated heterocycles. The number of nitrogens with one attached hydrogen (secondary N) is 1. The fraction of sp³-hybridized carbons (Fsp3) is 0.444. The number of carbonyl (C=O) groups excluding carboxylic acids is 1. The Balaban J connectivity index is 2.84. The molecule has 1 aromatic heterocycles. The van der Waals surface area contributed by atoms with Crippen LogP contribution in [0.15, 0.2) is 0 Å². The van der Waals surface area contributed by atoms with Crippen LogP contribution in [0.5, 0.6) is 0 Å². The van der Waals surface area contributed by atoms with E-state index in [1.165, 1.54) is 11.3 Å². The Bertz CT molecular complexity index is 378. The predicted octanol–water partition coefficient (Wildman–Crippen LogP) is 1.27. The molecule has 4 nitrogen and oxygen atoms in total. The fourth-order valence-corrected chi connectivity index (χ4v) is 2.01. The van der Waals surface area contributed by atoms with Crippen LogP contribution >= 0.6 is 11.3 Å². The molecular weight excluding hydrogens is 198 g/mol. The van der Waals surface area contributed by atoms with Crippen molar-refractivity contribution in [1.82, 2.24) is 10.3 Å². The highest BCUT2D eigenvalue weighted by molar-refractivity contribution is 7.13. The second kappa shape index (κ2) is 4.72. The van der Waals surface area contributed by atoms with Gasteiger partial charge in [-0.25, -0.2) is 4.98 Å². The van der Waals surface area contributed by atoms with Crippen LogP contribution in [0.1, 0.15) is 27.3 Å².